The van der Waals surface area contributed by atoms with E-state index in [-0.39, 0.29) is 17.1 Å². The maximum Gasteiger partial charge on any atom is 0.258 e. The molecule has 0 saturated carbocycles. The molecule has 2 atom stereocenters. The molecule has 0 bridgehead atoms. The van der Waals surface area contributed by atoms with Crippen LogP contribution in [0.25, 0.3) is 16.9 Å². The number of hydrogen-bond donors (Lipinski definition) is 2. The van der Waals surface area contributed by atoms with Gasteiger partial charge in [0.05, 0.1) is 37.3 Å². The monoisotopic (exact) mass is 591 g/mol. The largest absolute Gasteiger partial charge is 0.357 e. The molecule has 0 saturated heterocycles. The Morgan fingerprint density at radius 3 is 2.60 bits per heavy atom. The highest BCUT2D eigenvalue weighted by molar-refractivity contribution is 8.04. The Balaban J connectivity index is 1.37. The fraction of sp³-hybridized carbons (Fsp3) is 0.200. The summed E-state index contributed by atoms with van der Waals surface area (Å²) < 4.78 is 1.83. The van der Waals surface area contributed by atoms with Crippen molar-refractivity contribution >= 4 is 46.8 Å². The average Bonchev–Trinajstić information content (AvgIpc) is 3.63. The highest BCUT2D eigenvalue weighted by atomic mass is 35.5. The fourth-order valence-electron chi connectivity index (χ4n) is 4.47. The highest BCUT2D eigenvalue weighted by Crippen LogP contribution is 2.45. The summed E-state index contributed by atoms with van der Waals surface area (Å²) in [5.74, 6) is -0.519. The Labute approximate surface area is 247 Å². The molecule has 2 amide bonds. The van der Waals surface area contributed by atoms with Gasteiger partial charge in [0, 0.05) is 31.4 Å². The molecule has 204 valence electrons. The second kappa shape index (κ2) is 12.3. The minimum Gasteiger partial charge on any atom is -0.357 e. The first-order chi connectivity index (χ1) is 19.3. The first-order valence-corrected chi connectivity index (χ1v) is 14.4. The van der Waals surface area contributed by atoms with Crippen LogP contribution in [-0.2, 0) is 16.0 Å². The predicted molar refractivity (Wildman–Crippen MR) is 161 cm³/mol. The smallest absolute Gasteiger partial charge is 0.258 e. The molecule has 10 heteroatoms. The van der Waals surface area contributed by atoms with Gasteiger partial charge >= 0.3 is 0 Å². The van der Waals surface area contributed by atoms with E-state index in [9.17, 15) is 9.59 Å². The van der Waals surface area contributed by atoms with Crippen molar-refractivity contribution in [2.45, 2.75) is 31.1 Å². The Morgan fingerprint density at radius 1 is 1.10 bits per heavy atom. The van der Waals surface area contributed by atoms with Crippen LogP contribution in [0.5, 0.6) is 0 Å². The minimum atomic E-state index is -0.695. The van der Waals surface area contributed by atoms with E-state index >= 15 is 0 Å². The number of aromatic nitrogens is 3. The number of carbonyl (C=O) groups excluding carboxylic acids is 2. The topological polar surface area (TPSA) is 88.9 Å². The molecule has 0 spiro atoms. The molecule has 1 aliphatic rings. The molecular formula is C30H27Cl2N5O2S. The van der Waals surface area contributed by atoms with Crippen molar-refractivity contribution in [1.82, 2.24) is 25.4 Å². The predicted octanol–water partition coefficient (Wildman–Crippen LogP) is 6.08. The van der Waals surface area contributed by atoms with Gasteiger partial charge in [-0.1, -0.05) is 59.1 Å². The van der Waals surface area contributed by atoms with Crippen LogP contribution in [0.1, 0.15) is 28.5 Å². The van der Waals surface area contributed by atoms with Crippen LogP contribution in [0.4, 0.5) is 0 Å². The van der Waals surface area contributed by atoms with Crippen LogP contribution in [0.2, 0.25) is 10.0 Å². The molecular weight excluding hydrogens is 565 g/mol. The number of likely N-dealkylation sites (N-methyl/N-ethyl adjacent to an activating group) is 1. The Hall–Kier alpha value is -3.59. The molecule has 2 N–H and O–H groups in total. The van der Waals surface area contributed by atoms with Crippen LogP contribution in [0.15, 0.2) is 84.0 Å². The van der Waals surface area contributed by atoms with Crippen molar-refractivity contribution in [1.29, 1.82) is 0 Å². The van der Waals surface area contributed by atoms with Gasteiger partial charge in [-0.2, -0.15) is 5.10 Å². The van der Waals surface area contributed by atoms with Crippen molar-refractivity contribution < 1.29 is 9.59 Å². The number of carbonyl (C=O) groups is 2. The molecule has 40 heavy (non-hydrogen) atoms. The number of benzene rings is 2. The lowest BCUT2D eigenvalue weighted by molar-refractivity contribution is -0.126. The van der Waals surface area contributed by atoms with Crippen molar-refractivity contribution in [3.05, 3.63) is 111 Å². The molecule has 2 aromatic heterocycles. The van der Waals surface area contributed by atoms with E-state index in [2.05, 4.69) is 15.6 Å². The SMILES string of the molecule is CNC(=O)[C@H](Cc1ccc(C)cc1)NC(=O)C1=CCC(c2cc(-c3cccnc3)nn2-c2ccc(Cl)c(Cl)c2)S1. The van der Waals surface area contributed by atoms with Gasteiger partial charge in [0.25, 0.3) is 5.91 Å². The van der Waals surface area contributed by atoms with E-state index in [0.717, 1.165) is 33.8 Å². The van der Waals surface area contributed by atoms with Crippen LogP contribution >= 0.6 is 35.0 Å². The van der Waals surface area contributed by atoms with Crippen LogP contribution < -0.4 is 10.6 Å². The van der Waals surface area contributed by atoms with Crippen LogP contribution in [0, 0.1) is 6.92 Å². The molecule has 4 aromatic rings. The van der Waals surface area contributed by atoms with E-state index in [1.807, 2.05) is 66.2 Å². The summed E-state index contributed by atoms with van der Waals surface area (Å²) in [6, 6.07) is 18.4. The minimum absolute atomic E-state index is 0.0799. The number of hydrogen-bond acceptors (Lipinski definition) is 5. The normalized spacial score (nSPS) is 15.4. The molecule has 5 rings (SSSR count). The average molecular weight is 593 g/mol. The van der Waals surface area contributed by atoms with Crippen molar-refractivity contribution in [2.75, 3.05) is 7.05 Å². The van der Waals surface area contributed by atoms with Gasteiger partial charge < -0.3 is 10.6 Å². The Kier molecular flexibility index (Phi) is 8.59. The molecule has 1 aliphatic heterocycles. The van der Waals surface area contributed by atoms with E-state index in [4.69, 9.17) is 28.3 Å². The third kappa shape index (κ3) is 6.25. The van der Waals surface area contributed by atoms with Gasteiger partial charge in [-0.3, -0.25) is 14.6 Å². The maximum absolute atomic E-state index is 13.3. The summed E-state index contributed by atoms with van der Waals surface area (Å²) in [6.45, 7) is 2.01. The summed E-state index contributed by atoms with van der Waals surface area (Å²) in [5.41, 5.74) is 5.40. The first-order valence-electron chi connectivity index (χ1n) is 12.7. The summed E-state index contributed by atoms with van der Waals surface area (Å²) in [7, 11) is 1.57. The number of thioether (sulfide) groups is 1. The summed E-state index contributed by atoms with van der Waals surface area (Å²) in [5, 5.41) is 11.3. The van der Waals surface area contributed by atoms with Crippen molar-refractivity contribution in [3.8, 4) is 16.9 Å². The van der Waals surface area contributed by atoms with E-state index in [1.54, 1.807) is 31.6 Å². The van der Waals surface area contributed by atoms with Crippen molar-refractivity contribution in [3.63, 3.8) is 0 Å². The zero-order chi connectivity index (χ0) is 28.2. The molecule has 0 radical (unpaired) electrons. The van der Waals surface area contributed by atoms with Crippen LogP contribution in [-0.4, -0.2) is 39.7 Å². The molecule has 2 aromatic carbocycles. The quantitative estimate of drug-likeness (QED) is 0.259. The third-order valence-corrected chi connectivity index (χ3v) is 8.67. The zero-order valence-electron chi connectivity index (χ0n) is 21.9. The molecule has 1 unspecified atom stereocenters. The zero-order valence-corrected chi connectivity index (χ0v) is 24.2. The molecule has 7 nitrogen and oxygen atoms in total. The first kappa shape index (κ1) is 28.0. The number of rotatable bonds is 8. The Morgan fingerprint density at radius 2 is 1.90 bits per heavy atom. The molecule has 3 heterocycles. The number of allylic oxidation sites excluding steroid dienone is 1. The second-order valence-electron chi connectivity index (χ2n) is 9.45. The number of nitrogens with one attached hydrogen (secondary N) is 2. The lowest BCUT2D eigenvalue weighted by atomic mass is 10.0. The lowest BCUT2D eigenvalue weighted by Crippen LogP contribution is -2.47. The standard InChI is InChI=1S/C30H27Cl2N5O2S/c1-18-5-7-19(8-6-18)14-25(29(38)33-2)35-30(39)28-12-11-27(40-28)26-16-24(20-4-3-13-34-17-20)36-37(26)21-9-10-22(31)23(32)15-21/h3-10,12-13,15-17,25,27H,11,14H2,1-2H3,(H,33,38)(H,35,39)/t25-,27?/m0/s1. The van der Waals surface area contributed by atoms with E-state index in [0.29, 0.717) is 27.8 Å². The third-order valence-electron chi connectivity index (χ3n) is 6.61. The number of pyridine rings is 1. The molecule has 0 fully saturated rings. The van der Waals surface area contributed by atoms with Gasteiger partial charge in [0.1, 0.15) is 6.04 Å². The number of nitrogens with zero attached hydrogens (tertiary/aromatic N) is 3. The van der Waals surface area contributed by atoms with Crippen LogP contribution in [0.3, 0.4) is 0 Å². The van der Waals surface area contributed by atoms with Gasteiger partial charge in [0.2, 0.25) is 5.91 Å². The number of aryl methyl sites for hydroxylation is 1. The molecule has 0 aliphatic carbocycles. The van der Waals surface area contributed by atoms with E-state index < -0.39 is 6.04 Å². The lowest BCUT2D eigenvalue weighted by Gasteiger charge is -2.18. The van der Waals surface area contributed by atoms with Crippen molar-refractivity contribution in [2.24, 2.45) is 0 Å². The number of halogens is 2. The summed E-state index contributed by atoms with van der Waals surface area (Å²) in [6.07, 6.45) is 6.40. The Bertz CT molecular complexity index is 1570. The van der Waals surface area contributed by atoms with Gasteiger partial charge in [-0.15, -0.1) is 11.8 Å². The van der Waals surface area contributed by atoms with Gasteiger partial charge in [0.15, 0.2) is 0 Å². The van der Waals surface area contributed by atoms with Gasteiger partial charge in [-0.05, 0) is 55.3 Å². The van der Waals surface area contributed by atoms with E-state index in [1.165, 1.54) is 11.8 Å². The number of amides is 2. The second-order valence-corrected chi connectivity index (χ2v) is 11.5. The highest BCUT2D eigenvalue weighted by Gasteiger charge is 2.30. The maximum atomic E-state index is 13.3. The summed E-state index contributed by atoms with van der Waals surface area (Å²) >= 11 is 13.9. The summed E-state index contributed by atoms with van der Waals surface area (Å²) in [4.78, 5) is 30.7. The fourth-order valence-corrected chi connectivity index (χ4v) is 5.91. The van der Waals surface area contributed by atoms with Gasteiger partial charge in [-0.25, -0.2) is 4.68 Å².